The number of amides is 1. The summed E-state index contributed by atoms with van der Waals surface area (Å²) in [5, 5.41) is 3.30. The van der Waals surface area contributed by atoms with E-state index in [1.165, 1.54) is 0 Å². The Kier molecular flexibility index (Phi) is 8.72. The Bertz CT molecular complexity index is 439. The number of guanidine groups is 1. The van der Waals surface area contributed by atoms with Crippen LogP contribution in [-0.2, 0) is 14.3 Å². The van der Waals surface area contributed by atoms with E-state index in [4.69, 9.17) is 15.2 Å². The fraction of sp³-hybridized carbons (Fsp3) is 0.875. The minimum atomic E-state index is -0.652. The Morgan fingerprint density at radius 2 is 2.04 bits per heavy atom. The van der Waals surface area contributed by atoms with E-state index >= 15 is 0 Å². The molecule has 2 saturated heterocycles. The lowest BCUT2D eigenvalue weighted by Crippen LogP contribution is -2.53. The standard InChI is InChI=1S/C16H30N4O3.HI/c1-4-18-15(19-11-16(2,3)14(17)21)20-7-9-23-13(10-20)12-6-5-8-22-12;/h12-13H,4-11H2,1-3H3,(H2,17,21)(H,18,19);1H. The van der Waals surface area contributed by atoms with Crippen molar-refractivity contribution in [3.8, 4) is 0 Å². The van der Waals surface area contributed by atoms with E-state index in [1.54, 1.807) is 0 Å². The number of hydrogen-bond donors (Lipinski definition) is 2. The van der Waals surface area contributed by atoms with Crippen molar-refractivity contribution in [3.05, 3.63) is 0 Å². The summed E-state index contributed by atoms with van der Waals surface area (Å²) in [5.74, 6) is 0.476. The van der Waals surface area contributed by atoms with Crippen LogP contribution in [0.4, 0.5) is 0 Å². The first-order chi connectivity index (χ1) is 10.9. The van der Waals surface area contributed by atoms with Crippen LogP contribution < -0.4 is 11.1 Å². The Morgan fingerprint density at radius 1 is 1.33 bits per heavy atom. The summed E-state index contributed by atoms with van der Waals surface area (Å²) in [6, 6.07) is 0. The van der Waals surface area contributed by atoms with Crippen LogP contribution >= 0.6 is 24.0 Å². The number of carbonyl (C=O) groups is 1. The highest BCUT2D eigenvalue weighted by atomic mass is 127. The molecule has 140 valence electrons. The normalized spacial score (nSPS) is 25.3. The molecule has 0 aliphatic carbocycles. The van der Waals surface area contributed by atoms with E-state index in [9.17, 15) is 4.79 Å². The van der Waals surface area contributed by atoms with E-state index in [0.717, 1.165) is 45.0 Å². The maximum absolute atomic E-state index is 11.5. The highest BCUT2D eigenvalue weighted by molar-refractivity contribution is 14.0. The second kappa shape index (κ2) is 9.76. The first-order valence-corrected chi connectivity index (χ1v) is 8.50. The van der Waals surface area contributed by atoms with Gasteiger partial charge < -0.3 is 25.4 Å². The van der Waals surface area contributed by atoms with Crippen molar-refractivity contribution in [2.45, 2.75) is 45.8 Å². The molecule has 7 nitrogen and oxygen atoms in total. The van der Waals surface area contributed by atoms with Gasteiger partial charge in [-0.15, -0.1) is 24.0 Å². The number of nitrogens with one attached hydrogen (secondary N) is 1. The molecule has 2 unspecified atom stereocenters. The molecule has 2 aliphatic heterocycles. The summed E-state index contributed by atoms with van der Waals surface area (Å²) in [6.45, 7) is 9.84. The number of morpholine rings is 1. The maximum Gasteiger partial charge on any atom is 0.224 e. The van der Waals surface area contributed by atoms with E-state index in [0.29, 0.717) is 13.2 Å². The first-order valence-electron chi connectivity index (χ1n) is 8.50. The monoisotopic (exact) mass is 454 g/mol. The molecule has 2 atom stereocenters. The number of hydrogen-bond acceptors (Lipinski definition) is 4. The predicted octanol–water partition coefficient (Wildman–Crippen LogP) is 0.961. The molecule has 0 aromatic carbocycles. The van der Waals surface area contributed by atoms with Crippen molar-refractivity contribution in [2.24, 2.45) is 16.1 Å². The summed E-state index contributed by atoms with van der Waals surface area (Å²) >= 11 is 0. The molecule has 0 bridgehead atoms. The molecule has 0 aromatic heterocycles. The Balaban J connectivity index is 0.00000288. The predicted molar refractivity (Wildman–Crippen MR) is 105 cm³/mol. The molecular formula is C16H31IN4O3. The van der Waals surface area contributed by atoms with Crippen molar-refractivity contribution in [3.63, 3.8) is 0 Å². The van der Waals surface area contributed by atoms with Crippen LogP contribution in [-0.4, -0.2) is 68.4 Å². The topological polar surface area (TPSA) is 89.2 Å². The molecule has 24 heavy (non-hydrogen) atoms. The third-order valence-electron chi connectivity index (χ3n) is 4.40. The van der Waals surface area contributed by atoms with Gasteiger partial charge >= 0.3 is 0 Å². The van der Waals surface area contributed by atoms with Crippen LogP contribution in [0, 0.1) is 5.41 Å². The van der Waals surface area contributed by atoms with Crippen LogP contribution in [0.2, 0.25) is 0 Å². The summed E-state index contributed by atoms with van der Waals surface area (Å²) in [4.78, 5) is 18.3. The smallest absolute Gasteiger partial charge is 0.224 e. The van der Waals surface area contributed by atoms with Crippen molar-refractivity contribution in [1.82, 2.24) is 10.2 Å². The second-order valence-corrected chi connectivity index (χ2v) is 6.83. The van der Waals surface area contributed by atoms with E-state index < -0.39 is 5.41 Å². The highest BCUT2D eigenvalue weighted by Crippen LogP contribution is 2.21. The summed E-state index contributed by atoms with van der Waals surface area (Å²) in [5.41, 5.74) is 4.78. The molecule has 3 N–H and O–H groups in total. The SMILES string of the molecule is CCNC(=NCC(C)(C)C(N)=O)N1CCOC(C2CCCO2)C1.I. The zero-order valence-electron chi connectivity index (χ0n) is 14.9. The molecule has 0 radical (unpaired) electrons. The molecule has 8 heteroatoms. The first kappa shape index (κ1) is 21.4. The number of halogens is 1. The molecule has 2 rings (SSSR count). The van der Waals surface area contributed by atoms with Gasteiger partial charge in [-0.3, -0.25) is 9.79 Å². The number of primary amides is 1. The fourth-order valence-corrected chi connectivity index (χ4v) is 2.76. The number of ether oxygens (including phenoxy) is 2. The molecule has 2 aliphatic rings. The third kappa shape index (κ3) is 5.73. The van der Waals surface area contributed by atoms with Crippen molar-refractivity contribution in [1.29, 1.82) is 0 Å². The Morgan fingerprint density at radius 3 is 2.62 bits per heavy atom. The van der Waals surface area contributed by atoms with Gasteiger partial charge in [0, 0.05) is 26.2 Å². The molecule has 0 saturated carbocycles. The molecular weight excluding hydrogens is 423 g/mol. The van der Waals surface area contributed by atoms with E-state index in [1.807, 2.05) is 20.8 Å². The third-order valence-corrected chi connectivity index (χ3v) is 4.40. The van der Waals surface area contributed by atoms with Gasteiger partial charge in [-0.2, -0.15) is 0 Å². The molecule has 1 amide bonds. The second-order valence-electron chi connectivity index (χ2n) is 6.83. The van der Waals surface area contributed by atoms with E-state index in [2.05, 4.69) is 15.2 Å². The lowest BCUT2D eigenvalue weighted by atomic mass is 9.93. The number of rotatable bonds is 5. The van der Waals surface area contributed by atoms with Crippen molar-refractivity contribution < 1.29 is 14.3 Å². The van der Waals surface area contributed by atoms with Crippen LogP contribution in [0.1, 0.15) is 33.6 Å². The van der Waals surface area contributed by atoms with Gasteiger partial charge in [0.15, 0.2) is 5.96 Å². The van der Waals surface area contributed by atoms with Gasteiger partial charge in [0.05, 0.1) is 24.7 Å². The lowest BCUT2D eigenvalue weighted by molar-refractivity contribution is -0.125. The average Bonchev–Trinajstić information content (AvgIpc) is 3.06. The molecule has 0 aromatic rings. The van der Waals surface area contributed by atoms with Crippen LogP contribution in [0.3, 0.4) is 0 Å². The maximum atomic E-state index is 11.5. The number of carbonyl (C=O) groups excluding carboxylic acids is 1. The number of nitrogens with zero attached hydrogens (tertiary/aromatic N) is 2. The summed E-state index contributed by atoms with van der Waals surface area (Å²) in [7, 11) is 0. The Hall–Kier alpha value is -0.610. The van der Waals surface area contributed by atoms with Crippen LogP contribution in [0.25, 0.3) is 0 Å². The summed E-state index contributed by atoms with van der Waals surface area (Å²) < 4.78 is 11.6. The minimum absolute atomic E-state index is 0. The lowest BCUT2D eigenvalue weighted by Gasteiger charge is -2.37. The minimum Gasteiger partial charge on any atom is -0.375 e. The van der Waals surface area contributed by atoms with Gasteiger partial charge in [0.25, 0.3) is 0 Å². The zero-order valence-corrected chi connectivity index (χ0v) is 17.2. The van der Waals surface area contributed by atoms with Gasteiger partial charge in [0.2, 0.25) is 5.91 Å². The van der Waals surface area contributed by atoms with Gasteiger partial charge in [-0.25, -0.2) is 0 Å². The van der Waals surface area contributed by atoms with Gasteiger partial charge in [0.1, 0.15) is 6.10 Å². The fourth-order valence-electron chi connectivity index (χ4n) is 2.76. The highest BCUT2D eigenvalue weighted by Gasteiger charge is 2.32. The molecule has 2 fully saturated rings. The largest absolute Gasteiger partial charge is 0.375 e. The number of aliphatic imine (C=N–C) groups is 1. The van der Waals surface area contributed by atoms with Gasteiger partial charge in [-0.05, 0) is 33.6 Å². The quantitative estimate of drug-likeness (QED) is 0.367. The van der Waals surface area contributed by atoms with E-state index in [-0.39, 0.29) is 42.1 Å². The molecule has 0 spiro atoms. The Labute approximate surface area is 161 Å². The zero-order chi connectivity index (χ0) is 16.9. The van der Waals surface area contributed by atoms with Crippen molar-refractivity contribution >= 4 is 35.8 Å². The summed E-state index contributed by atoms with van der Waals surface area (Å²) in [6.07, 6.45) is 2.42. The molecule has 2 heterocycles. The van der Waals surface area contributed by atoms with Crippen LogP contribution in [0.15, 0.2) is 4.99 Å². The van der Waals surface area contributed by atoms with Crippen molar-refractivity contribution in [2.75, 3.05) is 39.4 Å². The van der Waals surface area contributed by atoms with Gasteiger partial charge in [-0.1, -0.05) is 0 Å². The average molecular weight is 454 g/mol. The van der Waals surface area contributed by atoms with Crippen LogP contribution in [0.5, 0.6) is 0 Å². The number of nitrogens with two attached hydrogens (primary N) is 1.